The average molecular weight is 449 g/mol. The Bertz CT molecular complexity index is 1040. The maximum atomic E-state index is 13.0. The quantitative estimate of drug-likeness (QED) is 0.667. The number of hydrogen-bond donors (Lipinski definition) is 0. The van der Waals surface area contributed by atoms with E-state index in [9.17, 15) is 14.4 Å². The molecule has 3 rings (SSSR count). The summed E-state index contributed by atoms with van der Waals surface area (Å²) >= 11 is 0. The van der Waals surface area contributed by atoms with E-state index in [0.29, 0.717) is 5.56 Å². The van der Waals surface area contributed by atoms with Crippen LogP contribution in [0.25, 0.3) is 0 Å². The molecular formula is C26H28N2O5. The lowest BCUT2D eigenvalue weighted by Crippen LogP contribution is -2.59. The maximum Gasteiger partial charge on any atom is 0.411 e. The number of ether oxygens (including phenoxy) is 2. The molecular weight excluding hydrogens is 420 g/mol. The zero-order valence-corrected chi connectivity index (χ0v) is 19.1. The van der Waals surface area contributed by atoms with Crippen LogP contribution >= 0.6 is 0 Å². The summed E-state index contributed by atoms with van der Waals surface area (Å²) in [6, 6.07) is 17.5. The predicted octanol–water partition coefficient (Wildman–Crippen LogP) is 3.87. The van der Waals surface area contributed by atoms with Crippen LogP contribution in [0.5, 0.6) is 0 Å². The lowest BCUT2D eigenvalue weighted by Gasteiger charge is -2.39. The van der Waals surface area contributed by atoms with Crippen molar-refractivity contribution in [3.8, 4) is 11.8 Å². The zero-order valence-electron chi connectivity index (χ0n) is 19.1. The average Bonchev–Trinajstić information content (AvgIpc) is 2.81. The van der Waals surface area contributed by atoms with E-state index in [0.717, 1.165) is 5.56 Å². The molecule has 1 atom stereocenters. The molecule has 0 aromatic heterocycles. The van der Waals surface area contributed by atoms with Crippen LogP contribution in [0.4, 0.5) is 9.59 Å². The molecule has 2 aromatic carbocycles. The molecule has 1 heterocycles. The molecule has 1 aliphatic rings. The van der Waals surface area contributed by atoms with E-state index >= 15 is 0 Å². The second-order valence-corrected chi connectivity index (χ2v) is 8.66. The first-order chi connectivity index (χ1) is 15.7. The molecule has 0 spiro atoms. The van der Waals surface area contributed by atoms with Gasteiger partial charge in [-0.1, -0.05) is 54.5 Å². The topological polar surface area (TPSA) is 76.2 Å². The van der Waals surface area contributed by atoms with Crippen molar-refractivity contribution >= 4 is 18.0 Å². The number of amides is 2. The van der Waals surface area contributed by atoms with Crippen molar-refractivity contribution in [1.29, 1.82) is 0 Å². The van der Waals surface area contributed by atoms with Gasteiger partial charge in [0.05, 0.1) is 6.54 Å². The van der Waals surface area contributed by atoms with E-state index in [1.807, 2.05) is 48.5 Å². The Morgan fingerprint density at radius 3 is 2.21 bits per heavy atom. The summed E-state index contributed by atoms with van der Waals surface area (Å²) in [5.41, 5.74) is 0.829. The molecule has 0 saturated carbocycles. The summed E-state index contributed by atoms with van der Waals surface area (Å²) < 4.78 is 10.9. The SMILES string of the molecule is CC(C)(C)OC(=O)N1CCN(C(=O)OCc2ccccc2)C[C@H]1C(=O)C#Cc1ccccc1. The Balaban J connectivity index is 1.73. The molecule has 172 valence electrons. The third-order valence-electron chi connectivity index (χ3n) is 4.88. The van der Waals surface area contributed by atoms with Crippen molar-refractivity contribution in [2.45, 2.75) is 39.0 Å². The first-order valence-corrected chi connectivity index (χ1v) is 10.8. The monoisotopic (exact) mass is 448 g/mol. The first kappa shape index (κ1) is 23.9. The summed E-state index contributed by atoms with van der Waals surface area (Å²) in [5.74, 6) is 4.98. The van der Waals surface area contributed by atoms with Crippen LogP contribution in [0.2, 0.25) is 0 Å². The molecule has 33 heavy (non-hydrogen) atoms. The normalized spacial score (nSPS) is 15.8. The van der Waals surface area contributed by atoms with E-state index in [1.165, 1.54) is 9.80 Å². The molecule has 7 nitrogen and oxygen atoms in total. The highest BCUT2D eigenvalue weighted by Gasteiger charge is 2.38. The minimum Gasteiger partial charge on any atom is -0.445 e. The van der Waals surface area contributed by atoms with Gasteiger partial charge in [0.25, 0.3) is 0 Å². The highest BCUT2D eigenvalue weighted by molar-refractivity contribution is 6.02. The standard InChI is InChI=1S/C26H28N2O5/c1-26(2,3)33-25(31)28-17-16-27(24(30)32-19-21-12-8-5-9-13-21)18-22(28)23(29)15-14-20-10-6-4-7-11-20/h4-13,22H,16-19H2,1-3H3/t22-/m0/s1. The minimum absolute atomic E-state index is 0.0187. The molecule has 0 N–H and O–H groups in total. The van der Waals surface area contributed by atoms with Crippen molar-refractivity contribution in [2.24, 2.45) is 0 Å². The summed E-state index contributed by atoms with van der Waals surface area (Å²) in [6.07, 6.45) is -1.16. The predicted molar refractivity (Wildman–Crippen MR) is 123 cm³/mol. The van der Waals surface area contributed by atoms with Crippen LogP contribution in [0.15, 0.2) is 60.7 Å². The Morgan fingerprint density at radius 1 is 0.939 bits per heavy atom. The van der Waals surface area contributed by atoms with Crippen LogP contribution < -0.4 is 0 Å². The summed E-state index contributed by atoms with van der Waals surface area (Å²) in [6.45, 7) is 5.74. The van der Waals surface area contributed by atoms with Gasteiger partial charge in [-0.25, -0.2) is 9.59 Å². The lowest BCUT2D eigenvalue weighted by atomic mass is 10.1. The second kappa shape index (κ2) is 10.7. The third-order valence-corrected chi connectivity index (χ3v) is 4.88. The zero-order chi connectivity index (χ0) is 23.8. The Labute approximate surface area is 194 Å². The van der Waals surface area contributed by atoms with Crippen LogP contribution in [-0.4, -0.2) is 59.0 Å². The first-order valence-electron chi connectivity index (χ1n) is 10.8. The van der Waals surface area contributed by atoms with Gasteiger partial charge in [0.15, 0.2) is 0 Å². The fourth-order valence-electron chi connectivity index (χ4n) is 3.26. The minimum atomic E-state index is -0.950. The molecule has 1 fully saturated rings. The molecule has 1 saturated heterocycles. The molecule has 0 radical (unpaired) electrons. The highest BCUT2D eigenvalue weighted by Crippen LogP contribution is 2.18. The number of nitrogens with zero attached hydrogens (tertiary/aromatic N) is 2. The van der Waals surface area contributed by atoms with Crippen LogP contribution in [-0.2, 0) is 20.9 Å². The van der Waals surface area contributed by atoms with Gasteiger partial charge >= 0.3 is 12.2 Å². The van der Waals surface area contributed by atoms with Gasteiger partial charge in [0.2, 0.25) is 5.78 Å². The number of carbonyl (C=O) groups excluding carboxylic acids is 3. The van der Waals surface area contributed by atoms with E-state index in [1.54, 1.807) is 32.9 Å². The second-order valence-electron chi connectivity index (χ2n) is 8.66. The van der Waals surface area contributed by atoms with Gasteiger partial charge < -0.3 is 14.4 Å². The number of piperazine rings is 1. The van der Waals surface area contributed by atoms with Crippen LogP contribution in [0, 0.1) is 11.8 Å². The number of ketones is 1. The third kappa shape index (κ3) is 7.11. The largest absolute Gasteiger partial charge is 0.445 e. The number of rotatable bonds is 3. The highest BCUT2D eigenvalue weighted by atomic mass is 16.6. The molecule has 1 aliphatic heterocycles. The summed E-state index contributed by atoms with van der Waals surface area (Å²) in [5, 5.41) is 0. The van der Waals surface area contributed by atoms with Crippen molar-refractivity contribution in [2.75, 3.05) is 19.6 Å². The van der Waals surface area contributed by atoms with Crippen molar-refractivity contribution < 1.29 is 23.9 Å². The van der Waals surface area contributed by atoms with E-state index < -0.39 is 29.6 Å². The van der Waals surface area contributed by atoms with Gasteiger partial charge in [-0.2, -0.15) is 0 Å². The van der Waals surface area contributed by atoms with Crippen LogP contribution in [0.1, 0.15) is 31.9 Å². The number of carbonyl (C=O) groups is 3. The van der Waals surface area contributed by atoms with Crippen LogP contribution in [0.3, 0.4) is 0 Å². The molecule has 7 heteroatoms. The van der Waals surface area contributed by atoms with Gasteiger partial charge in [0, 0.05) is 18.7 Å². The molecule has 0 unspecified atom stereocenters. The number of hydrogen-bond acceptors (Lipinski definition) is 5. The Kier molecular flexibility index (Phi) is 7.73. The molecule has 0 aliphatic carbocycles. The summed E-state index contributed by atoms with van der Waals surface area (Å²) in [4.78, 5) is 41.2. The van der Waals surface area contributed by atoms with Gasteiger partial charge in [-0.05, 0) is 44.4 Å². The summed E-state index contributed by atoms with van der Waals surface area (Å²) in [7, 11) is 0. The fourth-order valence-corrected chi connectivity index (χ4v) is 3.26. The molecule has 2 aromatic rings. The van der Waals surface area contributed by atoms with Gasteiger partial charge in [-0.3, -0.25) is 9.69 Å². The van der Waals surface area contributed by atoms with E-state index in [-0.39, 0.29) is 26.2 Å². The lowest BCUT2D eigenvalue weighted by molar-refractivity contribution is -0.120. The molecule has 0 bridgehead atoms. The fraction of sp³-hybridized carbons (Fsp3) is 0.346. The van der Waals surface area contributed by atoms with Crippen molar-refractivity contribution in [3.05, 3.63) is 71.8 Å². The van der Waals surface area contributed by atoms with Gasteiger partial charge in [-0.15, -0.1) is 0 Å². The number of Topliss-reactive ketones (excluding diaryl/α,β-unsaturated/α-hetero) is 1. The van der Waals surface area contributed by atoms with Crippen molar-refractivity contribution in [3.63, 3.8) is 0 Å². The Morgan fingerprint density at radius 2 is 1.58 bits per heavy atom. The van der Waals surface area contributed by atoms with E-state index in [4.69, 9.17) is 9.47 Å². The Hall–Kier alpha value is -3.79. The van der Waals surface area contributed by atoms with Gasteiger partial charge in [0.1, 0.15) is 18.2 Å². The number of benzene rings is 2. The molecule has 2 amide bonds. The van der Waals surface area contributed by atoms with E-state index in [2.05, 4.69) is 11.8 Å². The maximum absolute atomic E-state index is 13.0. The smallest absolute Gasteiger partial charge is 0.411 e. The van der Waals surface area contributed by atoms with Crippen molar-refractivity contribution in [1.82, 2.24) is 9.80 Å².